The molecule has 1 aliphatic heterocycles. The molecule has 30 heavy (non-hydrogen) atoms. The molecule has 1 amide bonds. The van der Waals surface area contributed by atoms with Gasteiger partial charge in [-0.15, -0.1) is 0 Å². The molecule has 1 saturated heterocycles. The number of ether oxygens (including phenoxy) is 1. The van der Waals surface area contributed by atoms with Crippen LogP contribution in [0.25, 0.3) is 0 Å². The average Bonchev–Trinajstić information content (AvgIpc) is 3.19. The van der Waals surface area contributed by atoms with Crippen LogP contribution in [0, 0.1) is 23.2 Å². The van der Waals surface area contributed by atoms with Crippen molar-refractivity contribution in [2.45, 2.75) is 64.0 Å². The lowest BCUT2D eigenvalue weighted by molar-refractivity contribution is -0.145. The van der Waals surface area contributed by atoms with Crippen LogP contribution in [-0.4, -0.2) is 42.8 Å². The number of amides is 1. The van der Waals surface area contributed by atoms with Crippen LogP contribution in [0.2, 0.25) is 0 Å². The van der Waals surface area contributed by atoms with Gasteiger partial charge in [-0.1, -0.05) is 12.1 Å². The lowest BCUT2D eigenvalue weighted by Crippen LogP contribution is -2.53. The van der Waals surface area contributed by atoms with Crippen LogP contribution < -0.4 is 10.1 Å². The number of hydrogen-bond acceptors (Lipinski definition) is 4. The van der Waals surface area contributed by atoms with E-state index in [1.54, 1.807) is 7.11 Å². The fraction of sp³-hybridized carbons (Fsp3) is 0.680. The molecule has 162 valence electrons. The summed E-state index contributed by atoms with van der Waals surface area (Å²) >= 11 is 0. The highest BCUT2D eigenvalue weighted by Crippen LogP contribution is 2.60. The number of nitrogens with zero attached hydrogens (tertiary/aromatic N) is 1. The number of ketones is 1. The van der Waals surface area contributed by atoms with Gasteiger partial charge >= 0.3 is 0 Å². The number of methoxy groups -OCH3 is 1. The van der Waals surface area contributed by atoms with E-state index in [0.29, 0.717) is 18.9 Å². The first-order chi connectivity index (χ1) is 14.5. The molecule has 1 aromatic carbocycles. The molecule has 5 aliphatic rings. The highest BCUT2D eigenvalue weighted by atomic mass is 16.5. The van der Waals surface area contributed by atoms with Crippen LogP contribution >= 0.6 is 0 Å². The van der Waals surface area contributed by atoms with Crippen molar-refractivity contribution in [3.63, 3.8) is 0 Å². The van der Waals surface area contributed by atoms with E-state index in [2.05, 4.69) is 10.2 Å². The van der Waals surface area contributed by atoms with Gasteiger partial charge in [-0.25, -0.2) is 0 Å². The number of likely N-dealkylation sites (tertiary alicyclic amines) is 1. The highest BCUT2D eigenvalue weighted by molar-refractivity contribution is 5.88. The van der Waals surface area contributed by atoms with Crippen molar-refractivity contribution in [2.75, 3.05) is 20.2 Å². The summed E-state index contributed by atoms with van der Waals surface area (Å²) in [5.74, 6) is 3.64. The van der Waals surface area contributed by atoms with Crippen molar-refractivity contribution in [1.82, 2.24) is 10.2 Å². The van der Waals surface area contributed by atoms with E-state index in [9.17, 15) is 9.59 Å². The summed E-state index contributed by atoms with van der Waals surface area (Å²) in [6.07, 6.45) is 9.24. The second-order valence-electron chi connectivity index (χ2n) is 10.3. The maximum absolute atomic E-state index is 13.5. The standard InChI is InChI=1S/C25H34N2O3/c1-30-21-6-4-17(5-7-21)15-26-24(29)22-3-2-8-27(22)16-23(28)25-12-18-9-19(13-25)11-20(10-18)14-25/h4-7,18-20,22H,2-3,8-16H2,1H3,(H,26,29)/t18?,19?,20?,22-,25?/m0/s1. The average molecular weight is 411 g/mol. The van der Waals surface area contributed by atoms with Gasteiger partial charge in [-0.2, -0.15) is 0 Å². The minimum atomic E-state index is -0.166. The van der Waals surface area contributed by atoms with Gasteiger partial charge < -0.3 is 10.1 Å². The smallest absolute Gasteiger partial charge is 0.237 e. The van der Waals surface area contributed by atoms with Crippen molar-refractivity contribution in [3.8, 4) is 5.75 Å². The third-order valence-corrected chi connectivity index (χ3v) is 8.27. The Morgan fingerprint density at radius 1 is 1.07 bits per heavy atom. The molecule has 1 aromatic rings. The van der Waals surface area contributed by atoms with E-state index in [0.717, 1.165) is 67.7 Å². The van der Waals surface area contributed by atoms with Crippen LogP contribution in [-0.2, 0) is 16.1 Å². The van der Waals surface area contributed by atoms with Crippen molar-refractivity contribution < 1.29 is 14.3 Å². The quantitative estimate of drug-likeness (QED) is 0.747. The molecule has 0 aromatic heterocycles. The minimum Gasteiger partial charge on any atom is -0.497 e. The maximum atomic E-state index is 13.5. The molecule has 6 rings (SSSR count). The SMILES string of the molecule is COc1ccc(CNC(=O)[C@@H]2CCCN2CC(=O)C23CC4CC(CC(C4)C2)C3)cc1. The fourth-order valence-corrected chi connectivity index (χ4v) is 7.17. The molecule has 5 nitrogen and oxygen atoms in total. The number of rotatable bonds is 7. The van der Waals surface area contributed by atoms with Crippen LogP contribution in [0.4, 0.5) is 0 Å². The van der Waals surface area contributed by atoms with Crippen LogP contribution in [0.5, 0.6) is 5.75 Å². The number of nitrogens with one attached hydrogen (secondary N) is 1. The number of benzene rings is 1. The first kappa shape index (κ1) is 20.0. The van der Waals surface area contributed by atoms with E-state index < -0.39 is 0 Å². The topological polar surface area (TPSA) is 58.6 Å². The van der Waals surface area contributed by atoms with E-state index in [4.69, 9.17) is 4.74 Å². The van der Waals surface area contributed by atoms with Gasteiger partial charge in [-0.05, 0) is 93.4 Å². The predicted molar refractivity (Wildman–Crippen MR) is 115 cm³/mol. The normalized spacial score (nSPS) is 34.8. The van der Waals surface area contributed by atoms with Gasteiger partial charge in [0, 0.05) is 12.0 Å². The van der Waals surface area contributed by atoms with Gasteiger partial charge in [0.05, 0.1) is 19.7 Å². The first-order valence-electron chi connectivity index (χ1n) is 11.7. The summed E-state index contributed by atoms with van der Waals surface area (Å²) in [6, 6.07) is 7.60. The second-order valence-corrected chi connectivity index (χ2v) is 10.3. The fourth-order valence-electron chi connectivity index (χ4n) is 7.17. The van der Waals surface area contributed by atoms with Gasteiger partial charge in [0.15, 0.2) is 5.78 Å². The Morgan fingerprint density at radius 2 is 1.70 bits per heavy atom. The summed E-state index contributed by atoms with van der Waals surface area (Å²) in [4.78, 5) is 28.5. The van der Waals surface area contributed by atoms with Crippen molar-refractivity contribution in [2.24, 2.45) is 23.2 Å². The number of hydrogen-bond donors (Lipinski definition) is 1. The van der Waals surface area contributed by atoms with Crippen LogP contribution in [0.3, 0.4) is 0 Å². The Balaban J connectivity index is 1.19. The Hall–Kier alpha value is -1.88. The maximum Gasteiger partial charge on any atom is 0.237 e. The lowest BCUT2D eigenvalue weighted by Gasteiger charge is -2.56. The molecule has 1 atom stereocenters. The third kappa shape index (κ3) is 3.77. The van der Waals surface area contributed by atoms with Gasteiger partial charge in [-0.3, -0.25) is 14.5 Å². The molecule has 0 unspecified atom stereocenters. The molecule has 1 N–H and O–H groups in total. The molecular weight excluding hydrogens is 376 g/mol. The number of carbonyl (C=O) groups excluding carboxylic acids is 2. The van der Waals surface area contributed by atoms with E-state index in [1.807, 2.05) is 24.3 Å². The molecule has 0 radical (unpaired) electrons. The zero-order valence-electron chi connectivity index (χ0n) is 18.1. The Bertz CT molecular complexity index is 768. The molecule has 4 aliphatic carbocycles. The summed E-state index contributed by atoms with van der Waals surface area (Å²) in [5.41, 5.74) is 0.986. The first-order valence-corrected chi connectivity index (χ1v) is 11.7. The summed E-state index contributed by atoms with van der Waals surface area (Å²) < 4.78 is 5.19. The number of carbonyl (C=O) groups is 2. The Kier molecular flexibility index (Phi) is 5.34. The summed E-state index contributed by atoms with van der Waals surface area (Å²) in [7, 11) is 1.65. The lowest BCUT2D eigenvalue weighted by atomic mass is 9.48. The zero-order chi connectivity index (χ0) is 20.7. The second kappa shape index (κ2) is 7.99. The van der Waals surface area contributed by atoms with Crippen molar-refractivity contribution in [1.29, 1.82) is 0 Å². The molecule has 4 saturated carbocycles. The third-order valence-electron chi connectivity index (χ3n) is 8.27. The number of Topliss-reactive ketones (excluding diaryl/α,β-unsaturated/α-hetero) is 1. The minimum absolute atomic E-state index is 0.0571. The molecule has 5 heteroatoms. The van der Waals surface area contributed by atoms with E-state index >= 15 is 0 Å². The van der Waals surface area contributed by atoms with Crippen LogP contribution in [0.15, 0.2) is 24.3 Å². The van der Waals surface area contributed by atoms with Gasteiger partial charge in [0.25, 0.3) is 0 Å². The van der Waals surface area contributed by atoms with E-state index in [1.165, 1.54) is 19.3 Å². The molecule has 4 bridgehead atoms. The highest BCUT2D eigenvalue weighted by Gasteiger charge is 2.54. The monoisotopic (exact) mass is 410 g/mol. The molecular formula is C25H34N2O3. The van der Waals surface area contributed by atoms with Gasteiger partial charge in [0.2, 0.25) is 5.91 Å². The Labute approximate surface area is 179 Å². The molecule has 0 spiro atoms. The van der Waals surface area contributed by atoms with Gasteiger partial charge in [0.1, 0.15) is 5.75 Å². The Morgan fingerprint density at radius 3 is 2.30 bits per heavy atom. The van der Waals surface area contributed by atoms with Crippen molar-refractivity contribution in [3.05, 3.63) is 29.8 Å². The summed E-state index contributed by atoms with van der Waals surface area (Å²) in [6.45, 7) is 1.83. The largest absolute Gasteiger partial charge is 0.497 e. The predicted octanol–water partition coefficient (Wildman–Crippen LogP) is 3.56. The van der Waals surface area contributed by atoms with Crippen LogP contribution in [0.1, 0.15) is 56.9 Å². The zero-order valence-corrected chi connectivity index (χ0v) is 18.1. The molecule has 5 fully saturated rings. The van der Waals surface area contributed by atoms with Crippen molar-refractivity contribution >= 4 is 11.7 Å². The van der Waals surface area contributed by atoms with E-state index in [-0.39, 0.29) is 17.4 Å². The molecule has 1 heterocycles. The summed E-state index contributed by atoms with van der Waals surface area (Å²) in [5, 5.41) is 3.08.